The van der Waals surface area contributed by atoms with Gasteiger partial charge in [-0.05, 0) is 24.2 Å². The lowest BCUT2D eigenvalue weighted by Crippen LogP contribution is -2.40. The second-order valence-electron chi connectivity index (χ2n) is 5.82. The summed E-state index contributed by atoms with van der Waals surface area (Å²) in [6.07, 6.45) is 1.70. The van der Waals surface area contributed by atoms with Gasteiger partial charge < -0.3 is 9.53 Å². The van der Waals surface area contributed by atoms with Crippen LogP contribution < -0.4 is 0 Å². The number of pyridine rings is 1. The number of hydrogen-bond acceptors (Lipinski definition) is 3. The monoisotopic (exact) mass is 253 g/mol. The molecule has 0 radical (unpaired) electrons. The van der Waals surface area contributed by atoms with Crippen LogP contribution in [0.3, 0.4) is 0 Å². The molecule has 1 aromatic rings. The molecular formula is C13H23NO2Si. The van der Waals surface area contributed by atoms with Gasteiger partial charge in [-0.1, -0.05) is 26.8 Å². The van der Waals surface area contributed by atoms with Crippen LogP contribution in [0, 0.1) is 0 Å². The van der Waals surface area contributed by atoms with Crippen molar-refractivity contribution in [2.75, 3.05) is 0 Å². The summed E-state index contributed by atoms with van der Waals surface area (Å²) < 4.78 is 6.11. The van der Waals surface area contributed by atoms with E-state index in [4.69, 9.17) is 4.43 Å². The number of aliphatic hydroxyl groups is 1. The van der Waals surface area contributed by atoms with Crippen LogP contribution in [0.2, 0.25) is 18.1 Å². The molecule has 0 atom stereocenters. The van der Waals surface area contributed by atoms with E-state index in [0.717, 1.165) is 5.56 Å². The molecule has 1 N–H and O–H groups in total. The van der Waals surface area contributed by atoms with E-state index < -0.39 is 8.32 Å². The van der Waals surface area contributed by atoms with Gasteiger partial charge in [-0.2, -0.15) is 0 Å². The van der Waals surface area contributed by atoms with Crippen molar-refractivity contribution in [3.05, 3.63) is 29.6 Å². The Morgan fingerprint density at radius 2 is 2.00 bits per heavy atom. The SMILES string of the molecule is CC(C)(C)[Si](C)(C)OCc1cccnc1CO. The largest absolute Gasteiger partial charge is 0.412 e. The fourth-order valence-corrected chi connectivity index (χ4v) is 2.17. The molecule has 0 fully saturated rings. The Balaban J connectivity index is 2.74. The van der Waals surface area contributed by atoms with Crippen LogP contribution in [0.4, 0.5) is 0 Å². The molecular weight excluding hydrogens is 230 g/mol. The van der Waals surface area contributed by atoms with Crippen molar-refractivity contribution in [3.63, 3.8) is 0 Å². The number of aliphatic hydroxyl groups excluding tert-OH is 1. The first kappa shape index (κ1) is 14.3. The predicted molar refractivity (Wildman–Crippen MR) is 72.1 cm³/mol. The smallest absolute Gasteiger partial charge is 0.192 e. The molecule has 0 aliphatic carbocycles. The topological polar surface area (TPSA) is 42.4 Å². The lowest BCUT2D eigenvalue weighted by atomic mass is 10.2. The molecule has 0 saturated heterocycles. The molecule has 0 aliphatic heterocycles. The lowest BCUT2D eigenvalue weighted by molar-refractivity contribution is 0.255. The van der Waals surface area contributed by atoms with Gasteiger partial charge >= 0.3 is 0 Å². The number of nitrogens with zero attached hydrogens (tertiary/aromatic N) is 1. The minimum Gasteiger partial charge on any atom is -0.412 e. The minimum absolute atomic E-state index is 0.0307. The summed E-state index contributed by atoms with van der Waals surface area (Å²) in [7, 11) is -1.73. The van der Waals surface area contributed by atoms with Crippen molar-refractivity contribution in [2.45, 2.75) is 52.1 Å². The second-order valence-corrected chi connectivity index (χ2v) is 10.6. The first-order chi connectivity index (χ1) is 7.78. The van der Waals surface area contributed by atoms with Crippen molar-refractivity contribution < 1.29 is 9.53 Å². The number of aromatic nitrogens is 1. The highest BCUT2D eigenvalue weighted by molar-refractivity contribution is 6.74. The van der Waals surface area contributed by atoms with Crippen molar-refractivity contribution in [3.8, 4) is 0 Å². The predicted octanol–water partition coefficient (Wildman–Crippen LogP) is 3.10. The van der Waals surface area contributed by atoms with Crippen molar-refractivity contribution in [1.29, 1.82) is 0 Å². The third-order valence-corrected chi connectivity index (χ3v) is 8.01. The molecule has 0 bridgehead atoms. The molecule has 96 valence electrons. The zero-order valence-corrected chi connectivity index (χ0v) is 12.4. The second kappa shape index (κ2) is 5.29. The molecule has 1 rings (SSSR count). The van der Waals surface area contributed by atoms with Crippen LogP contribution in [0.15, 0.2) is 18.3 Å². The zero-order chi connectivity index (χ0) is 13.1. The van der Waals surface area contributed by atoms with E-state index in [9.17, 15) is 5.11 Å². The molecule has 0 unspecified atom stereocenters. The van der Waals surface area contributed by atoms with E-state index in [1.807, 2.05) is 12.1 Å². The van der Waals surface area contributed by atoms with Crippen LogP contribution in [0.25, 0.3) is 0 Å². The lowest BCUT2D eigenvalue weighted by Gasteiger charge is -2.36. The third kappa shape index (κ3) is 3.62. The highest BCUT2D eigenvalue weighted by Gasteiger charge is 2.37. The quantitative estimate of drug-likeness (QED) is 0.838. The fourth-order valence-electron chi connectivity index (χ4n) is 1.22. The third-order valence-electron chi connectivity index (χ3n) is 3.53. The van der Waals surface area contributed by atoms with Gasteiger partial charge in [-0.25, -0.2) is 0 Å². The summed E-state index contributed by atoms with van der Waals surface area (Å²) in [5, 5.41) is 9.40. The first-order valence-electron chi connectivity index (χ1n) is 5.95. The molecule has 0 aliphatic rings. The highest BCUT2D eigenvalue weighted by Crippen LogP contribution is 2.37. The average Bonchev–Trinajstić information content (AvgIpc) is 2.25. The maximum Gasteiger partial charge on any atom is 0.192 e. The summed E-state index contributed by atoms with van der Waals surface area (Å²) in [6.45, 7) is 11.6. The van der Waals surface area contributed by atoms with Gasteiger partial charge in [0.25, 0.3) is 0 Å². The molecule has 0 saturated carbocycles. The van der Waals surface area contributed by atoms with E-state index in [0.29, 0.717) is 12.3 Å². The van der Waals surface area contributed by atoms with E-state index in [-0.39, 0.29) is 11.6 Å². The average molecular weight is 253 g/mol. The Morgan fingerprint density at radius 1 is 1.35 bits per heavy atom. The molecule has 17 heavy (non-hydrogen) atoms. The zero-order valence-electron chi connectivity index (χ0n) is 11.4. The van der Waals surface area contributed by atoms with Crippen molar-refractivity contribution in [1.82, 2.24) is 4.98 Å². The Hall–Kier alpha value is -0.713. The summed E-state index contributed by atoms with van der Waals surface area (Å²) >= 11 is 0. The van der Waals surface area contributed by atoms with E-state index in [1.165, 1.54) is 0 Å². The van der Waals surface area contributed by atoms with E-state index >= 15 is 0 Å². The van der Waals surface area contributed by atoms with Gasteiger partial charge in [0.2, 0.25) is 0 Å². The number of rotatable bonds is 4. The summed E-state index contributed by atoms with van der Waals surface area (Å²) in [5.41, 5.74) is 1.70. The molecule has 0 aromatic carbocycles. The molecule has 0 spiro atoms. The van der Waals surface area contributed by atoms with Crippen LogP contribution in [0.5, 0.6) is 0 Å². The van der Waals surface area contributed by atoms with Gasteiger partial charge in [0.1, 0.15) is 0 Å². The Morgan fingerprint density at radius 3 is 2.53 bits per heavy atom. The number of hydrogen-bond donors (Lipinski definition) is 1. The Kier molecular flexibility index (Phi) is 4.46. The van der Waals surface area contributed by atoms with Crippen LogP contribution >= 0.6 is 0 Å². The summed E-state index contributed by atoms with van der Waals surface area (Å²) in [4.78, 5) is 4.15. The first-order valence-corrected chi connectivity index (χ1v) is 8.86. The van der Waals surface area contributed by atoms with E-state index in [2.05, 4.69) is 38.8 Å². The molecule has 1 aromatic heterocycles. The van der Waals surface area contributed by atoms with E-state index in [1.54, 1.807) is 6.20 Å². The van der Waals surface area contributed by atoms with Gasteiger partial charge in [0.15, 0.2) is 8.32 Å². The maximum absolute atomic E-state index is 9.20. The van der Waals surface area contributed by atoms with Crippen LogP contribution in [-0.4, -0.2) is 18.4 Å². The molecule has 4 heteroatoms. The minimum atomic E-state index is -1.73. The van der Waals surface area contributed by atoms with Gasteiger partial charge in [0, 0.05) is 11.8 Å². The van der Waals surface area contributed by atoms with Crippen LogP contribution in [-0.2, 0) is 17.6 Å². The van der Waals surface area contributed by atoms with Gasteiger partial charge in [0.05, 0.1) is 18.9 Å². The normalized spacial score (nSPS) is 12.8. The van der Waals surface area contributed by atoms with Crippen LogP contribution in [0.1, 0.15) is 32.0 Å². The Labute approximate surface area is 105 Å². The summed E-state index contributed by atoms with van der Waals surface area (Å²) in [5.74, 6) is 0. The van der Waals surface area contributed by atoms with Crippen molar-refractivity contribution in [2.24, 2.45) is 0 Å². The molecule has 3 nitrogen and oxygen atoms in total. The Bertz CT molecular complexity index is 372. The standard InChI is InChI=1S/C13H23NO2Si/c1-13(2,3)17(4,5)16-10-11-7-6-8-14-12(11)9-15/h6-8,15H,9-10H2,1-5H3. The fraction of sp³-hybridized carbons (Fsp3) is 0.615. The highest BCUT2D eigenvalue weighted by atomic mass is 28.4. The summed E-state index contributed by atoms with van der Waals surface area (Å²) in [6, 6.07) is 3.84. The van der Waals surface area contributed by atoms with Gasteiger partial charge in [-0.15, -0.1) is 0 Å². The van der Waals surface area contributed by atoms with Crippen molar-refractivity contribution >= 4 is 8.32 Å². The van der Waals surface area contributed by atoms with Gasteiger partial charge in [-0.3, -0.25) is 4.98 Å². The molecule has 0 amide bonds. The maximum atomic E-state index is 9.20. The molecule has 1 heterocycles.